The first-order valence-corrected chi connectivity index (χ1v) is 9.38. The molecule has 0 radical (unpaired) electrons. The third-order valence-corrected chi connectivity index (χ3v) is 4.84. The summed E-state index contributed by atoms with van der Waals surface area (Å²) in [6.45, 7) is 4.14. The molecule has 0 aliphatic carbocycles. The predicted octanol–water partition coefficient (Wildman–Crippen LogP) is 5.53. The quantitative estimate of drug-likeness (QED) is 0.612. The van der Waals surface area contributed by atoms with Gasteiger partial charge in [0.2, 0.25) is 0 Å². The highest BCUT2D eigenvalue weighted by atomic mass is 31.2. The first kappa shape index (κ1) is 17.3. The van der Waals surface area contributed by atoms with E-state index in [4.69, 9.17) is 9.05 Å². The Bertz CT molecular complexity index is 905. The molecule has 0 aromatic heterocycles. The van der Waals surface area contributed by atoms with Crippen LogP contribution in [0.4, 0.5) is 0 Å². The summed E-state index contributed by atoms with van der Waals surface area (Å²) in [5, 5.41) is 0. The van der Waals surface area contributed by atoms with Crippen LogP contribution in [0.25, 0.3) is 11.1 Å². The van der Waals surface area contributed by atoms with E-state index >= 15 is 0 Å². The largest absolute Gasteiger partial charge is 0.584 e. The maximum absolute atomic E-state index is 12.1. The van der Waals surface area contributed by atoms with Crippen molar-refractivity contribution in [1.82, 2.24) is 0 Å². The van der Waals surface area contributed by atoms with Gasteiger partial charge in [0.25, 0.3) is 0 Å². The summed E-state index contributed by atoms with van der Waals surface area (Å²) in [5.41, 5.74) is 4.56. The molecule has 0 spiro atoms. The van der Waals surface area contributed by atoms with Gasteiger partial charge in [-0.1, -0.05) is 48.5 Å². The Hall–Kier alpha value is -2.55. The molecule has 1 unspecified atom stereocenters. The molecule has 0 saturated heterocycles. The Kier molecular flexibility index (Phi) is 4.93. The summed E-state index contributed by atoms with van der Waals surface area (Å²) in [6, 6.07) is 21.6. The molecule has 0 amide bonds. The van der Waals surface area contributed by atoms with Gasteiger partial charge in [0.15, 0.2) is 0 Å². The van der Waals surface area contributed by atoms with Crippen LogP contribution in [0.3, 0.4) is 0 Å². The summed E-state index contributed by atoms with van der Waals surface area (Å²) >= 11 is 0. The number of rotatable bonds is 5. The SMILES string of the molecule is Cc1cccc(-c2ccc(OP(=O)(O)Oc3ccccc3)cc2)c1C. The number of phosphoric ester groups is 1. The van der Waals surface area contributed by atoms with Gasteiger partial charge in [0.05, 0.1) is 0 Å². The topological polar surface area (TPSA) is 55.8 Å². The number of hydrogen-bond acceptors (Lipinski definition) is 3. The van der Waals surface area contributed by atoms with Gasteiger partial charge in [0.1, 0.15) is 11.5 Å². The van der Waals surface area contributed by atoms with Crippen LogP contribution in [0.2, 0.25) is 0 Å². The van der Waals surface area contributed by atoms with Crippen LogP contribution in [-0.2, 0) is 4.57 Å². The van der Waals surface area contributed by atoms with Crippen molar-refractivity contribution in [2.45, 2.75) is 13.8 Å². The van der Waals surface area contributed by atoms with Crippen LogP contribution >= 0.6 is 7.82 Å². The lowest BCUT2D eigenvalue weighted by molar-refractivity contribution is 0.291. The average molecular weight is 354 g/mol. The van der Waals surface area contributed by atoms with Crippen LogP contribution in [0.15, 0.2) is 72.8 Å². The fraction of sp³-hybridized carbons (Fsp3) is 0.100. The smallest absolute Gasteiger partial charge is 0.395 e. The Balaban J connectivity index is 1.76. The van der Waals surface area contributed by atoms with Gasteiger partial charge < -0.3 is 9.05 Å². The van der Waals surface area contributed by atoms with Crippen LogP contribution in [0.5, 0.6) is 11.5 Å². The molecule has 0 bridgehead atoms. The van der Waals surface area contributed by atoms with Gasteiger partial charge in [-0.15, -0.1) is 0 Å². The van der Waals surface area contributed by atoms with E-state index in [1.165, 1.54) is 11.1 Å². The van der Waals surface area contributed by atoms with Crippen molar-refractivity contribution in [1.29, 1.82) is 0 Å². The van der Waals surface area contributed by atoms with Gasteiger partial charge in [0, 0.05) is 0 Å². The molecule has 1 atom stereocenters. The third-order valence-electron chi connectivity index (χ3n) is 3.95. The van der Waals surface area contributed by atoms with E-state index in [1.54, 1.807) is 42.5 Å². The summed E-state index contributed by atoms with van der Waals surface area (Å²) in [6.07, 6.45) is 0. The molecule has 3 rings (SSSR count). The van der Waals surface area contributed by atoms with Crippen LogP contribution in [0, 0.1) is 13.8 Å². The second-order valence-electron chi connectivity index (χ2n) is 5.74. The molecule has 5 heteroatoms. The first-order chi connectivity index (χ1) is 11.9. The van der Waals surface area contributed by atoms with Crippen LogP contribution in [-0.4, -0.2) is 4.89 Å². The van der Waals surface area contributed by atoms with Crippen molar-refractivity contribution in [3.63, 3.8) is 0 Å². The highest BCUT2D eigenvalue weighted by molar-refractivity contribution is 7.48. The van der Waals surface area contributed by atoms with Gasteiger partial charge in [-0.05, 0) is 60.4 Å². The second kappa shape index (κ2) is 7.14. The summed E-state index contributed by atoms with van der Waals surface area (Å²) in [5.74, 6) is 0.552. The number of aryl methyl sites for hydroxylation is 1. The molecule has 3 aromatic carbocycles. The van der Waals surface area contributed by atoms with E-state index in [-0.39, 0.29) is 11.5 Å². The van der Waals surface area contributed by atoms with Crippen molar-refractivity contribution in [3.8, 4) is 22.6 Å². The molecule has 4 nitrogen and oxygen atoms in total. The average Bonchev–Trinajstić information content (AvgIpc) is 2.58. The maximum Gasteiger partial charge on any atom is 0.584 e. The fourth-order valence-electron chi connectivity index (χ4n) is 2.53. The zero-order valence-electron chi connectivity index (χ0n) is 14.0. The predicted molar refractivity (Wildman–Crippen MR) is 98.9 cm³/mol. The molecule has 25 heavy (non-hydrogen) atoms. The molecule has 0 fully saturated rings. The monoisotopic (exact) mass is 354 g/mol. The summed E-state index contributed by atoms with van der Waals surface area (Å²) in [7, 11) is -4.24. The second-order valence-corrected chi connectivity index (χ2v) is 7.04. The lowest BCUT2D eigenvalue weighted by atomic mass is 9.97. The molecular weight excluding hydrogens is 335 g/mol. The van der Waals surface area contributed by atoms with Gasteiger partial charge >= 0.3 is 7.82 Å². The minimum Gasteiger partial charge on any atom is -0.395 e. The summed E-state index contributed by atoms with van der Waals surface area (Å²) in [4.78, 5) is 9.90. The number of benzene rings is 3. The van der Waals surface area contributed by atoms with Gasteiger partial charge in [-0.2, -0.15) is 0 Å². The highest BCUT2D eigenvalue weighted by Crippen LogP contribution is 2.44. The van der Waals surface area contributed by atoms with Crippen LogP contribution in [0.1, 0.15) is 11.1 Å². The van der Waals surface area contributed by atoms with Crippen molar-refractivity contribution in [3.05, 3.63) is 83.9 Å². The van der Waals surface area contributed by atoms with Crippen LogP contribution < -0.4 is 9.05 Å². The molecule has 128 valence electrons. The normalized spacial score (nSPS) is 13.1. The van der Waals surface area contributed by atoms with E-state index in [2.05, 4.69) is 19.9 Å². The Morgan fingerprint density at radius 1 is 0.760 bits per heavy atom. The minimum absolute atomic E-state index is 0.274. The summed E-state index contributed by atoms with van der Waals surface area (Å²) < 4.78 is 22.3. The van der Waals surface area contributed by atoms with Crippen molar-refractivity contribution in [2.75, 3.05) is 0 Å². The van der Waals surface area contributed by atoms with E-state index in [1.807, 2.05) is 24.3 Å². The standard InChI is InChI=1S/C20H19O4P/c1-15-7-6-10-20(16(15)2)17-11-13-19(14-12-17)24-25(21,22)23-18-8-4-3-5-9-18/h3-14H,1-2H3,(H,21,22). The first-order valence-electron chi connectivity index (χ1n) is 7.88. The lowest BCUT2D eigenvalue weighted by Crippen LogP contribution is -1.99. The Morgan fingerprint density at radius 2 is 1.36 bits per heavy atom. The molecule has 0 heterocycles. The zero-order valence-corrected chi connectivity index (χ0v) is 14.9. The van der Waals surface area contributed by atoms with Crippen molar-refractivity contribution < 1.29 is 18.5 Å². The van der Waals surface area contributed by atoms with Crippen molar-refractivity contribution >= 4 is 7.82 Å². The third kappa shape index (κ3) is 4.30. The van der Waals surface area contributed by atoms with Crippen molar-refractivity contribution in [2.24, 2.45) is 0 Å². The molecular formula is C20H19O4P. The molecule has 0 aliphatic rings. The molecule has 3 aromatic rings. The fourth-order valence-corrected chi connectivity index (χ4v) is 3.34. The highest BCUT2D eigenvalue weighted by Gasteiger charge is 2.24. The number of phosphoric acid groups is 1. The minimum atomic E-state index is -4.24. The molecule has 0 saturated carbocycles. The zero-order chi connectivity index (χ0) is 17.9. The molecule has 1 N–H and O–H groups in total. The van der Waals surface area contributed by atoms with Gasteiger partial charge in [-0.25, -0.2) is 4.57 Å². The van der Waals surface area contributed by atoms with E-state index in [0.29, 0.717) is 0 Å². The molecule has 0 aliphatic heterocycles. The van der Waals surface area contributed by atoms with E-state index in [0.717, 1.165) is 11.1 Å². The van der Waals surface area contributed by atoms with Gasteiger partial charge in [-0.3, -0.25) is 4.89 Å². The number of para-hydroxylation sites is 1. The number of hydrogen-bond donors (Lipinski definition) is 1. The van der Waals surface area contributed by atoms with E-state index in [9.17, 15) is 9.46 Å². The lowest BCUT2D eigenvalue weighted by Gasteiger charge is -2.14. The Labute approximate surface area is 147 Å². The van der Waals surface area contributed by atoms with E-state index < -0.39 is 7.82 Å². The Morgan fingerprint density at radius 3 is 2.00 bits per heavy atom. The maximum atomic E-state index is 12.1.